The maximum atomic E-state index is 11.2. The molecule has 1 aliphatic rings. The number of rotatable bonds is 1. The van der Waals surface area contributed by atoms with Gasteiger partial charge in [-0.2, -0.15) is 0 Å². The molecule has 4 heteroatoms. The van der Waals surface area contributed by atoms with E-state index in [2.05, 4.69) is 0 Å². The summed E-state index contributed by atoms with van der Waals surface area (Å²) in [7, 11) is 0. The van der Waals surface area contributed by atoms with Crippen LogP contribution >= 0.6 is 0 Å². The zero-order valence-electron chi connectivity index (χ0n) is 9.35. The molecule has 1 heterocycles. The number of primary amides is 1. The molecule has 2 amide bonds. The Morgan fingerprint density at radius 2 is 2.12 bits per heavy atom. The Hall–Kier alpha value is -1.55. The summed E-state index contributed by atoms with van der Waals surface area (Å²) in [6.45, 7) is 3.58. The van der Waals surface area contributed by atoms with Crippen molar-refractivity contribution >= 4 is 6.03 Å². The fourth-order valence-electron chi connectivity index (χ4n) is 2.02. The van der Waals surface area contributed by atoms with Crippen molar-refractivity contribution in [1.82, 2.24) is 4.90 Å². The van der Waals surface area contributed by atoms with Gasteiger partial charge in [0.25, 0.3) is 0 Å². The van der Waals surface area contributed by atoms with Crippen molar-refractivity contribution in [3.8, 4) is 0 Å². The number of hydrogen-bond donors (Lipinski definition) is 1. The van der Waals surface area contributed by atoms with Crippen molar-refractivity contribution < 1.29 is 9.53 Å². The second-order valence-electron chi connectivity index (χ2n) is 4.21. The monoisotopic (exact) mass is 220 g/mol. The van der Waals surface area contributed by atoms with Gasteiger partial charge in [-0.3, -0.25) is 0 Å². The van der Waals surface area contributed by atoms with E-state index in [1.165, 1.54) is 0 Å². The zero-order chi connectivity index (χ0) is 11.6. The Morgan fingerprint density at radius 3 is 2.75 bits per heavy atom. The van der Waals surface area contributed by atoms with Crippen LogP contribution in [0.25, 0.3) is 0 Å². The number of amides is 2. The van der Waals surface area contributed by atoms with Crippen LogP contribution in [0.15, 0.2) is 30.3 Å². The van der Waals surface area contributed by atoms with Crippen molar-refractivity contribution in [2.45, 2.75) is 12.5 Å². The number of nitrogens with zero attached hydrogens (tertiary/aromatic N) is 1. The van der Waals surface area contributed by atoms with Gasteiger partial charge in [-0.05, 0) is 12.5 Å². The Bertz CT molecular complexity index is 380. The molecule has 2 rings (SSSR count). The first-order chi connectivity index (χ1) is 7.62. The highest BCUT2D eigenvalue weighted by Gasteiger charge is 2.34. The van der Waals surface area contributed by atoms with Crippen LogP contribution in [0.1, 0.15) is 12.5 Å². The number of nitrogens with two attached hydrogens (primary N) is 1. The summed E-state index contributed by atoms with van der Waals surface area (Å²) in [5.74, 6) is 0. The first-order valence-corrected chi connectivity index (χ1v) is 5.36. The van der Waals surface area contributed by atoms with E-state index in [-0.39, 0.29) is 6.03 Å². The van der Waals surface area contributed by atoms with Gasteiger partial charge in [-0.15, -0.1) is 0 Å². The van der Waals surface area contributed by atoms with Crippen LogP contribution in [-0.2, 0) is 10.3 Å². The van der Waals surface area contributed by atoms with Gasteiger partial charge in [0.1, 0.15) is 5.60 Å². The lowest BCUT2D eigenvalue weighted by atomic mass is 9.94. The molecule has 4 nitrogen and oxygen atoms in total. The minimum Gasteiger partial charge on any atom is -0.367 e. The largest absolute Gasteiger partial charge is 0.367 e. The van der Waals surface area contributed by atoms with Gasteiger partial charge in [0.15, 0.2) is 0 Å². The van der Waals surface area contributed by atoms with E-state index in [4.69, 9.17) is 10.5 Å². The molecule has 0 saturated carbocycles. The third kappa shape index (κ3) is 2.02. The van der Waals surface area contributed by atoms with Gasteiger partial charge in [-0.25, -0.2) is 4.79 Å². The van der Waals surface area contributed by atoms with Crippen LogP contribution in [0, 0.1) is 0 Å². The average Bonchev–Trinajstić information content (AvgIpc) is 2.30. The quantitative estimate of drug-likeness (QED) is 0.775. The van der Waals surface area contributed by atoms with E-state index in [9.17, 15) is 4.79 Å². The van der Waals surface area contributed by atoms with Crippen LogP contribution < -0.4 is 5.73 Å². The molecule has 1 unspecified atom stereocenters. The van der Waals surface area contributed by atoms with E-state index < -0.39 is 5.60 Å². The second kappa shape index (κ2) is 4.14. The molecular formula is C12H16N2O2. The summed E-state index contributed by atoms with van der Waals surface area (Å²) in [6, 6.07) is 9.52. The SMILES string of the molecule is CC1(c2ccccc2)CN(C(N)=O)CCO1. The molecular weight excluding hydrogens is 204 g/mol. The summed E-state index contributed by atoms with van der Waals surface area (Å²) < 4.78 is 5.78. The zero-order valence-corrected chi connectivity index (χ0v) is 9.35. The van der Waals surface area contributed by atoms with E-state index in [1.807, 2.05) is 37.3 Å². The topological polar surface area (TPSA) is 55.6 Å². The van der Waals surface area contributed by atoms with Crippen molar-refractivity contribution in [2.24, 2.45) is 5.73 Å². The molecule has 1 aromatic carbocycles. The Balaban J connectivity index is 2.22. The van der Waals surface area contributed by atoms with Crippen LogP contribution in [0.3, 0.4) is 0 Å². The normalized spacial score (nSPS) is 25.4. The number of ether oxygens (including phenoxy) is 1. The van der Waals surface area contributed by atoms with Crippen LogP contribution in [0.5, 0.6) is 0 Å². The van der Waals surface area contributed by atoms with Gasteiger partial charge < -0.3 is 15.4 Å². The predicted octanol–water partition coefficient (Wildman–Crippen LogP) is 1.31. The third-order valence-corrected chi connectivity index (χ3v) is 2.97. The Labute approximate surface area is 95.0 Å². The van der Waals surface area contributed by atoms with Gasteiger partial charge in [0, 0.05) is 6.54 Å². The highest BCUT2D eigenvalue weighted by Crippen LogP contribution is 2.28. The van der Waals surface area contributed by atoms with Gasteiger partial charge in [-0.1, -0.05) is 30.3 Å². The molecule has 0 aromatic heterocycles. The minimum absolute atomic E-state index is 0.384. The first-order valence-electron chi connectivity index (χ1n) is 5.36. The molecule has 0 aliphatic carbocycles. The fourth-order valence-corrected chi connectivity index (χ4v) is 2.02. The van der Waals surface area contributed by atoms with E-state index in [0.29, 0.717) is 19.7 Å². The van der Waals surface area contributed by atoms with Gasteiger partial charge in [0.2, 0.25) is 0 Å². The van der Waals surface area contributed by atoms with Crippen molar-refractivity contribution in [1.29, 1.82) is 0 Å². The second-order valence-corrected chi connectivity index (χ2v) is 4.21. The maximum Gasteiger partial charge on any atom is 0.314 e. The summed E-state index contributed by atoms with van der Waals surface area (Å²) >= 11 is 0. The number of hydrogen-bond acceptors (Lipinski definition) is 2. The van der Waals surface area contributed by atoms with Crippen molar-refractivity contribution in [2.75, 3.05) is 19.7 Å². The molecule has 86 valence electrons. The number of benzene rings is 1. The molecule has 16 heavy (non-hydrogen) atoms. The third-order valence-electron chi connectivity index (χ3n) is 2.97. The van der Waals surface area contributed by atoms with E-state index in [1.54, 1.807) is 4.90 Å². The lowest BCUT2D eigenvalue weighted by Gasteiger charge is -2.40. The van der Waals surface area contributed by atoms with E-state index in [0.717, 1.165) is 5.56 Å². The van der Waals surface area contributed by atoms with Crippen LogP contribution in [0.2, 0.25) is 0 Å². The predicted molar refractivity (Wildman–Crippen MR) is 60.9 cm³/mol. The molecule has 1 saturated heterocycles. The standard InChI is InChI=1S/C12H16N2O2/c1-12(10-5-3-2-4-6-10)9-14(11(13)15)7-8-16-12/h2-6H,7-9H2,1H3,(H2,13,15). The highest BCUT2D eigenvalue weighted by atomic mass is 16.5. The Kier molecular flexibility index (Phi) is 2.83. The maximum absolute atomic E-state index is 11.2. The first kappa shape index (κ1) is 11.0. The lowest BCUT2D eigenvalue weighted by molar-refractivity contribution is -0.0899. The minimum atomic E-state index is -0.450. The molecule has 1 atom stereocenters. The molecule has 0 bridgehead atoms. The van der Waals surface area contributed by atoms with E-state index >= 15 is 0 Å². The summed E-state index contributed by atoms with van der Waals surface area (Å²) in [4.78, 5) is 12.8. The van der Waals surface area contributed by atoms with Crippen LogP contribution in [0.4, 0.5) is 4.79 Å². The average molecular weight is 220 g/mol. The smallest absolute Gasteiger partial charge is 0.314 e. The molecule has 2 N–H and O–H groups in total. The summed E-state index contributed by atoms with van der Waals surface area (Å²) in [6.07, 6.45) is 0. The summed E-state index contributed by atoms with van der Waals surface area (Å²) in [5, 5.41) is 0. The molecule has 1 fully saturated rings. The van der Waals surface area contributed by atoms with Crippen molar-refractivity contribution in [3.05, 3.63) is 35.9 Å². The molecule has 1 aromatic rings. The number of carbonyl (C=O) groups is 1. The highest BCUT2D eigenvalue weighted by molar-refractivity contribution is 5.72. The van der Waals surface area contributed by atoms with Gasteiger partial charge >= 0.3 is 6.03 Å². The Morgan fingerprint density at radius 1 is 1.44 bits per heavy atom. The number of morpholine rings is 1. The summed E-state index contributed by atoms with van der Waals surface area (Å²) in [5.41, 5.74) is 5.92. The number of carbonyl (C=O) groups excluding carboxylic acids is 1. The number of urea groups is 1. The van der Waals surface area contributed by atoms with Crippen LogP contribution in [-0.4, -0.2) is 30.6 Å². The molecule has 0 radical (unpaired) electrons. The molecule has 1 aliphatic heterocycles. The van der Waals surface area contributed by atoms with Crippen molar-refractivity contribution in [3.63, 3.8) is 0 Å². The van der Waals surface area contributed by atoms with Gasteiger partial charge in [0.05, 0.1) is 13.2 Å². The molecule has 0 spiro atoms. The fraction of sp³-hybridized carbons (Fsp3) is 0.417. The lowest BCUT2D eigenvalue weighted by Crippen LogP contribution is -2.52.